The van der Waals surface area contributed by atoms with E-state index in [4.69, 9.17) is 5.73 Å². The molecule has 12 nitrogen and oxygen atoms in total. The topological polar surface area (TPSA) is 194 Å². The standard InChI is InChI=1S/C31H34N4O8/c1-34(2)13-21(37)33-16-7-5-14(6-8-16)17-9-10-20(36)23-18(17)11-15-12-19-25(35(3)4)27(39)24(30(32)42)29(41)31(19,43)28(40)22(15)26(23)38/h5-10,15,19,25,36,38,41,43H,11-13H2,1-4H3,(H2,32,42)(H,33,37)/t15-,19-,25-,31-/m1/s1. The molecule has 3 aliphatic rings. The van der Waals surface area contributed by atoms with Crippen LogP contribution in [0.1, 0.15) is 17.5 Å². The molecule has 0 saturated heterocycles. The molecule has 2 amide bonds. The summed E-state index contributed by atoms with van der Waals surface area (Å²) in [5, 5.41) is 47.8. The number of amides is 2. The van der Waals surface area contributed by atoms with Gasteiger partial charge < -0.3 is 36.4 Å². The van der Waals surface area contributed by atoms with Crippen molar-refractivity contribution in [3.8, 4) is 16.9 Å². The van der Waals surface area contributed by atoms with Crippen LogP contribution in [0.2, 0.25) is 0 Å². The van der Waals surface area contributed by atoms with Crippen LogP contribution >= 0.6 is 0 Å². The van der Waals surface area contributed by atoms with E-state index in [2.05, 4.69) is 5.32 Å². The fourth-order valence-corrected chi connectivity index (χ4v) is 6.74. The highest BCUT2D eigenvalue weighted by atomic mass is 16.3. The van der Waals surface area contributed by atoms with Crippen LogP contribution < -0.4 is 11.1 Å². The number of hydrogen-bond acceptors (Lipinski definition) is 10. The molecular weight excluding hydrogens is 556 g/mol. The molecule has 226 valence electrons. The summed E-state index contributed by atoms with van der Waals surface area (Å²) in [6.45, 7) is 0.217. The number of hydrogen-bond donors (Lipinski definition) is 6. The second kappa shape index (κ2) is 10.6. The lowest BCUT2D eigenvalue weighted by molar-refractivity contribution is -0.153. The summed E-state index contributed by atoms with van der Waals surface area (Å²) in [6, 6.07) is 8.95. The number of rotatable bonds is 6. The Morgan fingerprint density at radius 3 is 2.26 bits per heavy atom. The second-order valence-corrected chi connectivity index (χ2v) is 11.8. The molecule has 0 heterocycles. The molecule has 0 aliphatic heterocycles. The molecule has 4 atom stereocenters. The highest BCUT2D eigenvalue weighted by molar-refractivity contribution is 6.24. The minimum absolute atomic E-state index is 0.00228. The van der Waals surface area contributed by atoms with E-state index in [-0.39, 0.29) is 42.2 Å². The number of nitrogens with zero attached hydrogens (tertiary/aromatic N) is 2. The molecule has 12 heteroatoms. The molecule has 1 saturated carbocycles. The summed E-state index contributed by atoms with van der Waals surface area (Å²) in [5.74, 6) is -7.14. The average molecular weight is 591 g/mol. The molecule has 2 aromatic carbocycles. The minimum Gasteiger partial charge on any atom is -0.508 e. The van der Waals surface area contributed by atoms with Gasteiger partial charge in [0.1, 0.15) is 22.8 Å². The van der Waals surface area contributed by atoms with Gasteiger partial charge in [0.2, 0.25) is 11.7 Å². The van der Waals surface area contributed by atoms with Gasteiger partial charge in [-0.1, -0.05) is 18.2 Å². The van der Waals surface area contributed by atoms with Gasteiger partial charge in [-0.2, -0.15) is 0 Å². The molecule has 43 heavy (non-hydrogen) atoms. The number of anilines is 1. The second-order valence-electron chi connectivity index (χ2n) is 11.8. The van der Waals surface area contributed by atoms with Crippen molar-refractivity contribution in [1.82, 2.24) is 9.80 Å². The van der Waals surface area contributed by atoms with E-state index in [0.29, 0.717) is 16.8 Å². The molecule has 0 spiro atoms. The van der Waals surface area contributed by atoms with E-state index in [1.165, 1.54) is 11.0 Å². The summed E-state index contributed by atoms with van der Waals surface area (Å²) in [4.78, 5) is 54.8. The van der Waals surface area contributed by atoms with Gasteiger partial charge in [-0.3, -0.25) is 24.1 Å². The third-order valence-electron chi connectivity index (χ3n) is 8.54. The van der Waals surface area contributed by atoms with E-state index < -0.39 is 58.0 Å². The van der Waals surface area contributed by atoms with Crippen LogP contribution in [-0.4, -0.2) is 100.0 Å². The summed E-state index contributed by atoms with van der Waals surface area (Å²) >= 11 is 0. The Kier molecular flexibility index (Phi) is 7.41. The van der Waals surface area contributed by atoms with E-state index >= 15 is 0 Å². The number of aliphatic hydroxyl groups excluding tert-OH is 2. The van der Waals surface area contributed by atoms with Crippen molar-refractivity contribution in [3.05, 3.63) is 64.4 Å². The number of primary amides is 1. The first-order chi connectivity index (χ1) is 20.2. The first-order valence-electron chi connectivity index (χ1n) is 13.7. The zero-order valence-electron chi connectivity index (χ0n) is 24.2. The van der Waals surface area contributed by atoms with Gasteiger partial charge in [0.25, 0.3) is 5.91 Å². The van der Waals surface area contributed by atoms with Gasteiger partial charge in [0.05, 0.1) is 18.2 Å². The molecule has 0 unspecified atom stereocenters. The van der Waals surface area contributed by atoms with E-state index in [1.54, 1.807) is 63.4 Å². The van der Waals surface area contributed by atoms with Gasteiger partial charge in [0, 0.05) is 17.2 Å². The Morgan fingerprint density at radius 1 is 1.02 bits per heavy atom. The maximum atomic E-state index is 14.0. The number of fused-ring (bicyclic) bond motifs is 3. The smallest absolute Gasteiger partial charge is 0.255 e. The fourth-order valence-electron chi connectivity index (χ4n) is 6.74. The zero-order chi connectivity index (χ0) is 31.5. The van der Waals surface area contributed by atoms with Crippen LogP contribution in [0.4, 0.5) is 5.69 Å². The molecule has 5 rings (SSSR count). The van der Waals surface area contributed by atoms with Crippen molar-refractivity contribution in [1.29, 1.82) is 0 Å². The number of carbonyl (C=O) groups is 4. The van der Waals surface area contributed by atoms with Gasteiger partial charge in [-0.15, -0.1) is 0 Å². The summed E-state index contributed by atoms with van der Waals surface area (Å²) in [6.07, 6.45) is 0.164. The van der Waals surface area contributed by atoms with E-state index in [0.717, 1.165) is 5.56 Å². The maximum absolute atomic E-state index is 14.0. The predicted octanol–water partition coefficient (Wildman–Crippen LogP) is 1.13. The van der Waals surface area contributed by atoms with E-state index in [9.17, 15) is 39.6 Å². The Balaban J connectivity index is 1.60. The number of phenolic OH excluding ortho intramolecular Hbond substituents is 1. The van der Waals surface area contributed by atoms with Crippen LogP contribution in [0.25, 0.3) is 16.9 Å². The largest absolute Gasteiger partial charge is 0.508 e. The summed E-state index contributed by atoms with van der Waals surface area (Å²) in [7, 11) is 6.68. The SMILES string of the molecule is CN(C)CC(=O)Nc1ccc(-c2ccc(O)c3c2C[C@@H]2C[C@@H]4[C@@H](N(C)C)C(=O)C(C(N)=O)=C(O)[C@]4(O)C(=O)C2=C3O)cc1. The van der Waals surface area contributed by atoms with Gasteiger partial charge >= 0.3 is 0 Å². The van der Waals surface area contributed by atoms with Crippen molar-refractivity contribution in [2.24, 2.45) is 17.6 Å². The first-order valence-corrected chi connectivity index (χ1v) is 13.7. The number of aromatic hydroxyl groups is 1. The monoisotopic (exact) mass is 590 g/mol. The van der Waals surface area contributed by atoms with Gasteiger partial charge in [-0.05, 0) is 81.8 Å². The van der Waals surface area contributed by atoms with Crippen LogP contribution in [0.15, 0.2) is 53.3 Å². The number of carbonyl (C=O) groups excluding carboxylic acids is 4. The molecule has 0 bridgehead atoms. The average Bonchev–Trinajstić information content (AvgIpc) is 2.90. The van der Waals surface area contributed by atoms with Crippen LogP contribution in [-0.2, 0) is 25.6 Å². The van der Waals surface area contributed by atoms with Crippen molar-refractivity contribution >= 4 is 34.8 Å². The zero-order valence-corrected chi connectivity index (χ0v) is 24.2. The molecule has 2 aromatic rings. The first kappa shape index (κ1) is 30.0. The number of aliphatic hydroxyl groups is 3. The third-order valence-corrected chi connectivity index (χ3v) is 8.54. The predicted molar refractivity (Wildman–Crippen MR) is 157 cm³/mol. The number of nitrogens with two attached hydrogens (primary N) is 1. The number of ketones is 2. The van der Waals surface area contributed by atoms with Crippen LogP contribution in [0, 0.1) is 11.8 Å². The fraction of sp³-hybridized carbons (Fsp3) is 0.355. The molecular formula is C31H34N4O8. The lowest BCUT2D eigenvalue weighted by atomic mass is 9.57. The quantitative estimate of drug-likeness (QED) is 0.266. The highest BCUT2D eigenvalue weighted by Gasteiger charge is 2.64. The van der Waals surface area contributed by atoms with Crippen molar-refractivity contribution in [2.75, 3.05) is 40.1 Å². The lowest BCUT2D eigenvalue weighted by Crippen LogP contribution is -2.65. The maximum Gasteiger partial charge on any atom is 0.255 e. The lowest BCUT2D eigenvalue weighted by Gasteiger charge is -2.50. The van der Waals surface area contributed by atoms with Crippen molar-refractivity contribution in [2.45, 2.75) is 24.5 Å². The summed E-state index contributed by atoms with van der Waals surface area (Å²) in [5.41, 5.74) is 4.16. The van der Waals surface area contributed by atoms with Crippen LogP contribution in [0.5, 0.6) is 5.75 Å². The van der Waals surface area contributed by atoms with Gasteiger partial charge in [0.15, 0.2) is 11.4 Å². The number of Topliss-reactive ketones (excluding diaryl/α,β-unsaturated/α-hetero) is 2. The third kappa shape index (κ3) is 4.67. The normalized spacial score (nSPS) is 25.0. The molecule has 0 radical (unpaired) electrons. The number of likely N-dealkylation sites (N-methyl/N-ethyl adjacent to an activating group) is 2. The molecule has 1 fully saturated rings. The highest BCUT2D eigenvalue weighted by Crippen LogP contribution is 2.53. The Hall–Kier alpha value is -4.52. The Labute approximate surface area is 247 Å². The van der Waals surface area contributed by atoms with Crippen LogP contribution in [0.3, 0.4) is 0 Å². The van der Waals surface area contributed by atoms with E-state index in [1.807, 2.05) is 0 Å². The molecule has 7 N–H and O–H groups in total. The molecule has 0 aromatic heterocycles. The van der Waals surface area contributed by atoms with Gasteiger partial charge in [-0.25, -0.2) is 0 Å². The minimum atomic E-state index is -2.69. The summed E-state index contributed by atoms with van der Waals surface area (Å²) < 4.78 is 0. The van der Waals surface area contributed by atoms with Crippen molar-refractivity contribution < 1.29 is 39.6 Å². The Morgan fingerprint density at radius 2 is 1.67 bits per heavy atom. The van der Waals surface area contributed by atoms with Crippen molar-refractivity contribution in [3.63, 3.8) is 0 Å². The Bertz CT molecular complexity index is 1620. The molecule has 3 aliphatic carbocycles. The number of phenols is 1. The number of benzene rings is 2. The number of nitrogens with one attached hydrogen (secondary N) is 1.